The Morgan fingerprint density at radius 3 is 2.06 bits per heavy atom. The molecule has 1 aliphatic heterocycles. The molecule has 1 saturated heterocycles. The van der Waals surface area contributed by atoms with Gasteiger partial charge in [-0.2, -0.15) is 0 Å². The molecule has 0 spiro atoms. The van der Waals surface area contributed by atoms with Crippen LogP contribution in [0.25, 0.3) is 0 Å². The maximum Gasteiger partial charge on any atom is 0.410 e. The Balaban J connectivity index is 2.68. The molecule has 0 saturated carbocycles. The van der Waals surface area contributed by atoms with E-state index in [0.29, 0.717) is 0 Å². The van der Waals surface area contributed by atoms with Gasteiger partial charge in [0.05, 0.1) is 13.1 Å². The molecule has 0 aromatic rings. The number of carbonyl (C=O) groups is 1. The molecule has 0 unspecified atom stereocenters. The Morgan fingerprint density at radius 1 is 1.29 bits per heavy atom. The number of rotatable bonds is 0. The first-order valence-corrected chi connectivity index (χ1v) is 5.26. The molecule has 0 aromatic heterocycles. The van der Waals surface area contributed by atoms with Crippen LogP contribution in [-0.4, -0.2) is 58.0 Å². The summed E-state index contributed by atoms with van der Waals surface area (Å²) < 4.78 is 31.1. The van der Waals surface area contributed by atoms with Crippen molar-refractivity contribution >= 4 is 6.09 Å². The van der Waals surface area contributed by atoms with Crippen LogP contribution < -0.4 is 0 Å². The van der Waals surface area contributed by atoms with Crippen LogP contribution in [0, 0.1) is 0 Å². The molecule has 1 fully saturated rings. The number of piperidine rings is 1. The van der Waals surface area contributed by atoms with E-state index in [9.17, 15) is 13.6 Å². The zero-order valence-corrected chi connectivity index (χ0v) is 9.98. The van der Waals surface area contributed by atoms with Gasteiger partial charge >= 0.3 is 12.0 Å². The van der Waals surface area contributed by atoms with E-state index in [2.05, 4.69) is 0 Å². The summed E-state index contributed by atoms with van der Waals surface area (Å²) in [6.07, 6.45) is -5.00. The van der Waals surface area contributed by atoms with Gasteiger partial charge in [0.15, 0.2) is 0 Å². The van der Waals surface area contributed by atoms with Gasteiger partial charge in [0.25, 0.3) is 0 Å². The Hall–Kier alpha value is -0.950. The molecule has 2 atom stereocenters. The van der Waals surface area contributed by atoms with Crippen molar-refractivity contribution < 1.29 is 28.5 Å². The second-order valence-corrected chi connectivity index (χ2v) is 5.09. The van der Waals surface area contributed by atoms with Crippen molar-refractivity contribution in [1.82, 2.24) is 4.90 Å². The second kappa shape index (κ2) is 4.38. The molecule has 0 aliphatic carbocycles. The van der Waals surface area contributed by atoms with Crippen LogP contribution in [-0.2, 0) is 4.74 Å². The van der Waals surface area contributed by atoms with E-state index in [1.165, 1.54) is 0 Å². The van der Waals surface area contributed by atoms with Crippen molar-refractivity contribution in [1.29, 1.82) is 0 Å². The lowest BCUT2D eigenvalue weighted by Gasteiger charge is -2.39. The van der Waals surface area contributed by atoms with Gasteiger partial charge < -0.3 is 19.8 Å². The average molecular weight is 253 g/mol. The quantitative estimate of drug-likeness (QED) is 0.663. The summed E-state index contributed by atoms with van der Waals surface area (Å²) in [7, 11) is 0. The number of β-amino-alcohol motifs (C(OH)–C–C–N with tert-alkyl or cyclic N) is 2. The van der Waals surface area contributed by atoms with E-state index < -0.39 is 42.9 Å². The number of nitrogens with zero attached hydrogens (tertiary/aromatic N) is 1. The molecule has 0 bridgehead atoms. The van der Waals surface area contributed by atoms with E-state index in [-0.39, 0.29) is 0 Å². The predicted molar refractivity (Wildman–Crippen MR) is 54.8 cm³/mol. The maximum atomic E-state index is 13.1. The lowest BCUT2D eigenvalue weighted by atomic mass is 10.0. The topological polar surface area (TPSA) is 70.0 Å². The van der Waals surface area contributed by atoms with Crippen LogP contribution in [0.15, 0.2) is 0 Å². The van der Waals surface area contributed by atoms with Crippen LogP contribution in [0.1, 0.15) is 20.8 Å². The zero-order valence-electron chi connectivity index (χ0n) is 9.98. The fourth-order valence-electron chi connectivity index (χ4n) is 1.43. The SMILES string of the molecule is CC(C)(C)OC(=O)N1C[C@@H](O)C(F)(F)[C@@H](O)C1. The Labute approximate surface area is 98.0 Å². The second-order valence-electron chi connectivity index (χ2n) is 5.09. The predicted octanol–water partition coefficient (Wildman–Crippen LogP) is 0.594. The summed E-state index contributed by atoms with van der Waals surface area (Å²) in [5.41, 5.74) is -0.757. The molecule has 1 rings (SSSR count). The molecule has 0 radical (unpaired) electrons. The van der Waals surface area contributed by atoms with E-state index in [1.807, 2.05) is 0 Å². The first-order chi connectivity index (χ1) is 7.54. The number of hydrogen-bond donors (Lipinski definition) is 2. The minimum Gasteiger partial charge on any atom is -0.444 e. The Bertz CT molecular complexity index is 289. The third-order valence-electron chi connectivity index (χ3n) is 2.33. The number of amides is 1. The highest BCUT2D eigenvalue weighted by Crippen LogP contribution is 2.29. The van der Waals surface area contributed by atoms with Crippen molar-refractivity contribution in [3.8, 4) is 0 Å². The highest BCUT2D eigenvalue weighted by molar-refractivity contribution is 5.68. The van der Waals surface area contributed by atoms with Crippen molar-refractivity contribution in [2.75, 3.05) is 13.1 Å². The number of hydrogen-bond acceptors (Lipinski definition) is 4. The standard InChI is InChI=1S/C10H17F2NO4/c1-9(2,3)17-8(16)13-4-6(14)10(11,12)7(15)5-13/h6-7,14-15H,4-5H2,1-3H3/t6-,7+. The van der Waals surface area contributed by atoms with Crippen LogP contribution in [0.4, 0.5) is 13.6 Å². The number of halogens is 2. The van der Waals surface area contributed by atoms with E-state index in [4.69, 9.17) is 14.9 Å². The van der Waals surface area contributed by atoms with Crippen molar-refractivity contribution in [2.45, 2.75) is 44.5 Å². The molecule has 1 heterocycles. The number of ether oxygens (including phenoxy) is 1. The third kappa shape index (κ3) is 3.26. The summed E-state index contributed by atoms with van der Waals surface area (Å²) >= 11 is 0. The molecule has 100 valence electrons. The van der Waals surface area contributed by atoms with E-state index in [0.717, 1.165) is 4.90 Å². The molecular weight excluding hydrogens is 236 g/mol. The molecule has 2 N–H and O–H groups in total. The van der Waals surface area contributed by atoms with Gasteiger partial charge in [-0.3, -0.25) is 0 Å². The van der Waals surface area contributed by atoms with Crippen molar-refractivity contribution in [2.24, 2.45) is 0 Å². The summed E-state index contributed by atoms with van der Waals surface area (Å²) in [5, 5.41) is 18.3. The summed E-state index contributed by atoms with van der Waals surface area (Å²) in [4.78, 5) is 12.4. The Kier molecular flexibility index (Phi) is 3.63. The molecule has 1 aliphatic rings. The van der Waals surface area contributed by atoms with Crippen molar-refractivity contribution in [3.05, 3.63) is 0 Å². The van der Waals surface area contributed by atoms with Gasteiger partial charge in [-0.25, -0.2) is 13.6 Å². The monoisotopic (exact) mass is 253 g/mol. The number of aliphatic hydroxyl groups excluding tert-OH is 2. The fraction of sp³-hybridized carbons (Fsp3) is 0.900. The number of aliphatic hydroxyl groups is 2. The smallest absolute Gasteiger partial charge is 0.410 e. The highest BCUT2D eigenvalue weighted by Gasteiger charge is 2.52. The van der Waals surface area contributed by atoms with Gasteiger partial charge in [0.2, 0.25) is 0 Å². The lowest BCUT2D eigenvalue weighted by Crippen LogP contribution is -2.61. The average Bonchev–Trinajstić information content (AvgIpc) is 2.11. The molecular formula is C10H17F2NO4. The number of likely N-dealkylation sites (tertiary alicyclic amines) is 1. The highest BCUT2D eigenvalue weighted by atomic mass is 19.3. The molecule has 17 heavy (non-hydrogen) atoms. The Morgan fingerprint density at radius 2 is 1.71 bits per heavy atom. The van der Waals surface area contributed by atoms with Crippen LogP contribution in [0.2, 0.25) is 0 Å². The van der Waals surface area contributed by atoms with Crippen LogP contribution in [0.3, 0.4) is 0 Å². The third-order valence-corrected chi connectivity index (χ3v) is 2.33. The van der Waals surface area contributed by atoms with Gasteiger partial charge in [0.1, 0.15) is 17.8 Å². The largest absolute Gasteiger partial charge is 0.444 e. The van der Waals surface area contributed by atoms with Gasteiger partial charge in [-0.05, 0) is 20.8 Å². The number of carbonyl (C=O) groups excluding carboxylic acids is 1. The minimum atomic E-state index is -3.60. The molecule has 1 amide bonds. The van der Waals surface area contributed by atoms with Crippen molar-refractivity contribution in [3.63, 3.8) is 0 Å². The normalized spacial score (nSPS) is 29.0. The summed E-state index contributed by atoms with van der Waals surface area (Å²) in [6, 6.07) is 0. The van der Waals surface area contributed by atoms with Gasteiger partial charge in [-0.1, -0.05) is 0 Å². The van der Waals surface area contributed by atoms with Gasteiger partial charge in [-0.15, -0.1) is 0 Å². The van der Waals surface area contributed by atoms with Gasteiger partial charge in [0, 0.05) is 0 Å². The zero-order chi connectivity index (χ0) is 13.4. The maximum absolute atomic E-state index is 13.1. The van der Waals surface area contributed by atoms with Crippen LogP contribution in [0.5, 0.6) is 0 Å². The summed E-state index contributed by atoms with van der Waals surface area (Å²) in [5.74, 6) is -3.60. The first-order valence-electron chi connectivity index (χ1n) is 5.26. The molecule has 5 nitrogen and oxygen atoms in total. The molecule has 0 aromatic carbocycles. The number of alkyl halides is 2. The van der Waals surface area contributed by atoms with E-state index in [1.54, 1.807) is 20.8 Å². The molecule has 7 heteroatoms. The fourth-order valence-corrected chi connectivity index (χ4v) is 1.43. The van der Waals surface area contributed by atoms with E-state index >= 15 is 0 Å². The van der Waals surface area contributed by atoms with Crippen LogP contribution >= 0.6 is 0 Å². The lowest BCUT2D eigenvalue weighted by molar-refractivity contribution is -0.206. The summed E-state index contributed by atoms with van der Waals surface area (Å²) in [6.45, 7) is 3.79. The minimum absolute atomic E-state index is 0.557. The first kappa shape index (κ1) is 14.1.